The molecule has 59 valence electrons. The standard InChI is InChI=1S/C8H14FO/c1-4-5-6-8(3,9)7(2)10/h2,4-6H2,1,3H3. The topological polar surface area (TPSA) is 17.1 Å². The molecule has 1 radical (unpaired) electrons. The summed E-state index contributed by atoms with van der Waals surface area (Å²) >= 11 is 0. The van der Waals surface area contributed by atoms with Crippen LogP contribution in [0.2, 0.25) is 0 Å². The lowest BCUT2D eigenvalue weighted by Gasteiger charge is -2.15. The normalized spacial score (nSPS) is 16.4. The van der Waals surface area contributed by atoms with E-state index in [9.17, 15) is 9.18 Å². The van der Waals surface area contributed by atoms with E-state index in [-0.39, 0.29) is 0 Å². The summed E-state index contributed by atoms with van der Waals surface area (Å²) in [5.74, 6) is -0.610. The second kappa shape index (κ2) is 3.69. The molecule has 0 saturated carbocycles. The number of alkyl halides is 1. The van der Waals surface area contributed by atoms with E-state index in [1.54, 1.807) is 0 Å². The van der Waals surface area contributed by atoms with Crippen molar-refractivity contribution in [1.82, 2.24) is 0 Å². The lowest BCUT2D eigenvalue weighted by Crippen LogP contribution is -2.27. The fourth-order valence-corrected chi connectivity index (χ4v) is 0.648. The maximum atomic E-state index is 13.0. The number of carbonyl (C=O) groups excluding carboxylic acids is 1. The molecule has 10 heavy (non-hydrogen) atoms. The number of halogens is 1. The second-order valence-electron chi connectivity index (χ2n) is 2.72. The summed E-state index contributed by atoms with van der Waals surface area (Å²) in [4.78, 5) is 10.5. The van der Waals surface area contributed by atoms with Crippen molar-refractivity contribution in [3.05, 3.63) is 6.92 Å². The van der Waals surface area contributed by atoms with Gasteiger partial charge in [-0.05, 0) is 13.3 Å². The first-order valence-corrected chi connectivity index (χ1v) is 3.56. The van der Waals surface area contributed by atoms with Gasteiger partial charge < -0.3 is 0 Å². The zero-order chi connectivity index (χ0) is 8.20. The second-order valence-corrected chi connectivity index (χ2v) is 2.72. The maximum absolute atomic E-state index is 13.0. The highest BCUT2D eigenvalue weighted by atomic mass is 19.1. The van der Waals surface area contributed by atoms with Crippen LogP contribution >= 0.6 is 0 Å². The van der Waals surface area contributed by atoms with Crippen LogP contribution in [0.25, 0.3) is 0 Å². The fourth-order valence-electron chi connectivity index (χ4n) is 0.648. The molecule has 0 bridgehead atoms. The number of Topliss-reactive ketones (excluding diaryl/α,β-unsaturated/α-hetero) is 1. The van der Waals surface area contributed by atoms with Gasteiger partial charge in [-0.1, -0.05) is 19.8 Å². The van der Waals surface area contributed by atoms with Crippen molar-refractivity contribution >= 4 is 5.78 Å². The lowest BCUT2D eigenvalue weighted by molar-refractivity contribution is -0.125. The molecule has 0 heterocycles. The number of rotatable bonds is 4. The zero-order valence-corrected chi connectivity index (χ0v) is 6.61. The van der Waals surface area contributed by atoms with E-state index in [1.807, 2.05) is 6.92 Å². The molecule has 0 aliphatic rings. The molecule has 0 aromatic heterocycles. The van der Waals surface area contributed by atoms with Crippen LogP contribution in [-0.2, 0) is 4.79 Å². The van der Waals surface area contributed by atoms with Crippen molar-refractivity contribution in [2.24, 2.45) is 0 Å². The van der Waals surface area contributed by atoms with Crippen LogP contribution < -0.4 is 0 Å². The molecule has 1 atom stereocenters. The number of hydrogen-bond acceptors (Lipinski definition) is 1. The Bertz CT molecular complexity index is 118. The largest absolute Gasteiger partial charge is 0.296 e. The average molecular weight is 145 g/mol. The van der Waals surface area contributed by atoms with Crippen molar-refractivity contribution in [3.63, 3.8) is 0 Å². The molecule has 0 rings (SSSR count). The lowest BCUT2D eigenvalue weighted by atomic mass is 9.97. The summed E-state index contributed by atoms with van der Waals surface area (Å²) in [6.07, 6.45) is 1.95. The van der Waals surface area contributed by atoms with Crippen LogP contribution in [0.3, 0.4) is 0 Å². The smallest absolute Gasteiger partial charge is 0.170 e. The van der Waals surface area contributed by atoms with Crippen LogP contribution in [0.15, 0.2) is 0 Å². The van der Waals surface area contributed by atoms with E-state index in [1.165, 1.54) is 6.92 Å². The summed E-state index contributed by atoms with van der Waals surface area (Å²) in [5.41, 5.74) is -1.70. The van der Waals surface area contributed by atoms with Crippen molar-refractivity contribution in [3.8, 4) is 0 Å². The quantitative estimate of drug-likeness (QED) is 0.593. The number of hydrogen-bond donors (Lipinski definition) is 0. The van der Waals surface area contributed by atoms with Gasteiger partial charge >= 0.3 is 0 Å². The fraction of sp³-hybridized carbons (Fsp3) is 0.750. The summed E-state index contributed by atoms with van der Waals surface area (Å²) < 4.78 is 13.0. The Morgan fingerprint density at radius 2 is 2.20 bits per heavy atom. The molecular weight excluding hydrogens is 131 g/mol. The van der Waals surface area contributed by atoms with Gasteiger partial charge in [0.1, 0.15) is 0 Å². The molecule has 0 aliphatic carbocycles. The highest BCUT2D eigenvalue weighted by molar-refractivity contribution is 5.90. The molecule has 0 amide bonds. The molecule has 0 aromatic carbocycles. The molecule has 1 unspecified atom stereocenters. The van der Waals surface area contributed by atoms with E-state index in [4.69, 9.17) is 0 Å². The number of carbonyl (C=O) groups is 1. The third kappa shape index (κ3) is 2.95. The Morgan fingerprint density at radius 3 is 2.50 bits per heavy atom. The van der Waals surface area contributed by atoms with Crippen molar-refractivity contribution < 1.29 is 9.18 Å². The predicted molar refractivity (Wildman–Crippen MR) is 39.4 cm³/mol. The van der Waals surface area contributed by atoms with Gasteiger partial charge in [0.15, 0.2) is 11.5 Å². The van der Waals surface area contributed by atoms with Gasteiger partial charge in [0.2, 0.25) is 0 Å². The van der Waals surface area contributed by atoms with Crippen LogP contribution in [0.1, 0.15) is 33.1 Å². The van der Waals surface area contributed by atoms with Crippen molar-refractivity contribution in [2.75, 3.05) is 0 Å². The molecular formula is C8H14FO. The third-order valence-corrected chi connectivity index (χ3v) is 1.58. The summed E-state index contributed by atoms with van der Waals surface area (Å²) in [6.45, 7) is 6.30. The minimum atomic E-state index is -1.70. The minimum absolute atomic E-state index is 0.297. The summed E-state index contributed by atoms with van der Waals surface area (Å²) in [6, 6.07) is 0. The Balaban J connectivity index is 3.75. The van der Waals surface area contributed by atoms with Gasteiger partial charge in [-0.2, -0.15) is 0 Å². The van der Waals surface area contributed by atoms with E-state index in [2.05, 4.69) is 6.92 Å². The van der Waals surface area contributed by atoms with Crippen LogP contribution in [0.5, 0.6) is 0 Å². The first kappa shape index (κ1) is 9.60. The van der Waals surface area contributed by atoms with Gasteiger partial charge in [0.05, 0.1) is 0 Å². The first-order valence-electron chi connectivity index (χ1n) is 3.56. The Labute approximate surface area is 61.6 Å². The Morgan fingerprint density at radius 1 is 1.70 bits per heavy atom. The van der Waals surface area contributed by atoms with E-state index >= 15 is 0 Å². The van der Waals surface area contributed by atoms with Crippen LogP contribution in [0.4, 0.5) is 4.39 Å². The molecule has 0 aromatic rings. The number of ketones is 1. The zero-order valence-electron chi connectivity index (χ0n) is 6.61. The van der Waals surface area contributed by atoms with Crippen molar-refractivity contribution in [1.29, 1.82) is 0 Å². The molecule has 0 N–H and O–H groups in total. The van der Waals surface area contributed by atoms with Gasteiger partial charge in [-0.3, -0.25) is 4.79 Å². The molecule has 2 heteroatoms. The first-order chi connectivity index (χ1) is 4.50. The highest BCUT2D eigenvalue weighted by Crippen LogP contribution is 2.18. The minimum Gasteiger partial charge on any atom is -0.296 e. The summed E-state index contributed by atoms with van der Waals surface area (Å²) in [7, 11) is 0. The van der Waals surface area contributed by atoms with Gasteiger partial charge in [0, 0.05) is 6.92 Å². The SMILES string of the molecule is [CH2]C(=O)C(C)(F)CCCC. The molecule has 0 saturated heterocycles. The van der Waals surface area contributed by atoms with Crippen molar-refractivity contribution in [2.45, 2.75) is 38.8 Å². The van der Waals surface area contributed by atoms with E-state index < -0.39 is 11.5 Å². The van der Waals surface area contributed by atoms with E-state index in [0.717, 1.165) is 12.8 Å². The molecule has 0 spiro atoms. The predicted octanol–water partition coefficient (Wildman–Crippen LogP) is 2.31. The molecule has 0 aliphatic heterocycles. The monoisotopic (exact) mass is 145 g/mol. The van der Waals surface area contributed by atoms with Crippen LogP contribution in [0, 0.1) is 6.92 Å². The average Bonchev–Trinajstić information content (AvgIpc) is 1.84. The van der Waals surface area contributed by atoms with Gasteiger partial charge in [-0.15, -0.1) is 0 Å². The van der Waals surface area contributed by atoms with Gasteiger partial charge in [-0.25, -0.2) is 4.39 Å². The van der Waals surface area contributed by atoms with Gasteiger partial charge in [0.25, 0.3) is 0 Å². The Kier molecular flexibility index (Phi) is 3.54. The van der Waals surface area contributed by atoms with E-state index in [0.29, 0.717) is 6.42 Å². The molecule has 1 nitrogen and oxygen atoms in total. The summed E-state index contributed by atoms with van der Waals surface area (Å²) in [5, 5.41) is 0. The third-order valence-electron chi connectivity index (χ3n) is 1.58. The number of unbranched alkanes of at least 4 members (excludes halogenated alkanes) is 1. The molecule has 0 fully saturated rings. The maximum Gasteiger partial charge on any atom is 0.170 e. The Hall–Kier alpha value is -0.400. The van der Waals surface area contributed by atoms with Crippen LogP contribution in [-0.4, -0.2) is 11.5 Å². The highest BCUT2D eigenvalue weighted by Gasteiger charge is 2.27.